The van der Waals surface area contributed by atoms with Gasteiger partial charge < -0.3 is 20.1 Å². The lowest BCUT2D eigenvalue weighted by Crippen LogP contribution is -2.37. The Morgan fingerprint density at radius 1 is 1.00 bits per heavy atom. The van der Waals surface area contributed by atoms with Crippen molar-refractivity contribution in [2.24, 2.45) is 5.92 Å². The number of rotatable bonds is 11. The highest BCUT2D eigenvalue weighted by Crippen LogP contribution is 2.20. The summed E-state index contributed by atoms with van der Waals surface area (Å²) in [6, 6.07) is 16.3. The number of esters is 1. The van der Waals surface area contributed by atoms with E-state index in [0.717, 1.165) is 11.1 Å². The quantitative estimate of drug-likeness (QED) is 0.539. The van der Waals surface area contributed by atoms with Crippen LogP contribution in [0.15, 0.2) is 54.6 Å². The molecule has 0 radical (unpaired) electrons. The molecule has 0 saturated heterocycles. The molecule has 2 atom stereocenters. The van der Waals surface area contributed by atoms with Crippen molar-refractivity contribution < 1.29 is 23.9 Å². The van der Waals surface area contributed by atoms with Crippen molar-refractivity contribution in [2.45, 2.75) is 32.7 Å². The van der Waals surface area contributed by atoms with E-state index in [1.807, 2.05) is 42.5 Å². The van der Waals surface area contributed by atoms with Crippen LogP contribution in [0, 0.1) is 5.92 Å². The number of carbonyl (C=O) groups is 3. The van der Waals surface area contributed by atoms with Crippen LogP contribution in [0.25, 0.3) is 0 Å². The molecule has 0 saturated carbocycles. The highest BCUT2D eigenvalue weighted by atomic mass is 16.5. The molecule has 0 heterocycles. The third-order valence-electron chi connectivity index (χ3n) is 4.78. The topological polar surface area (TPSA) is 93.7 Å². The molecule has 2 aromatic rings. The normalized spacial score (nSPS) is 12.4. The Balaban J connectivity index is 2.02. The number of hydrogen-bond donors (Lipinski definition) is 2. The van der Waals surface area contributed by atoms with Crippen molar-refractivity contribution in [1.82, 2.24) is 10.6 Å². The fraction of sp³-hybridized carbons (Fsp3) is 0.375. The molecule has 166 valence electrons. The largest absolute Gasteiger partial charge is 0.497 e. The second-order valence-electron chi connectivity index (χ2n) is 7.17. The minimum absolute atomic E-state index is 0.0484. The second kappa shape index (κ2) is 12.4. The summed E-state index contributed by atoms with van der Waals surface area (Å²) in [7, 11) is 1.57. The van der Waals surface area contributed by atoms with Gasteiger partial charge in [-0.1, -0.05) is 42.5 Å². The highest BCUT2D eigenvalue weighted by Gasteiger charge is 2.23. The summed E-state index contributed by atoms with van der Waals surface area (Å²) in [4.78, 5) is 36.6. The van der Waals surface area contributed by atoms with E-state index < -0.39 is 12.0 Å². The predicted octanol–water partition coefficient (Wildman–Crippen LogP) is 2.80. The summed E-state index contributed by atoms with van der Waals surface area (Å²) < 4.78 is 10.3. The van der Waals surface area contributed by atoms with E-state index in [1.54, 1.807) is 26.2 Å². The molecule has 2 N–H and O–H groups in total. The van der Waals surface area contributed by atoms with Crippen LogP contribution in [0.5, 0.6) is 5.75 Å². The van der Waals surface area contributed by atoms with Crippen molar-refractivity contribution in [3.63, 3.8) is 0 Å². The average Bonchev–Trinajstić information content (AvgIpc) is 2.76. The van der Waals surface area contributed by atoms with Gasteiger partial charge in [0.25, 0.3) is 0 Å². The van der Waals surface area contributed by atoms with Gasteiger partial charge in [0.15, 0.2) is 0 Å². The zero-order valence-corrected chi connectivity index (χ0v) is 18.2. The molecule has 0 aliphatic carbocycles. The van der Waals surface area contributed by atoms with Gasteiger partial charge in [0.05, 0.1) is 32.1 Å². The van der Waals surface area contributed by atoms with Crippen LogP contribution in [0.1, 0.15) is 37.4 Å². The smallest absolute Gasteiger partial charge is 0.311 e. The molecular weight excluding hydrogens is 396 g/mol. The molecule has 0 aliphatic rings. The number of hydrogen-bond acceptors (Lipinski definition) is 5. The number of benzene rings is 2. The SMILES string of the molecule is CCOC(=O)C(CNC(=O)CC(NC(C)=O)c1ccc(OC)cc1)Cc1ccccc1. The Kier molecular flexibility index (Phi) is 9.55. The first-order chi connectivity index (χ1) is 14.9. The van der Waals surface area contributed by atoms with Gasteiger partial charge in [-0.15, -0.1) is 0 Å². The van der Waals surface area contributed by atoms with E-state index in [2.05, 4.69) is 10.6 Å². The van der Waals surface area contributed by atoms with Gasteiger partial charge in [-0.25, -0.2) is 0 Å². The summed E-state index contributed by atoms with van der Waals surface area (Å²) >= 11 is 0. The minimum atomic E-state index is -0.494. The van der Waals surface area contributed by atoms with Crippen LogP contribution in [-0.2, 0) is 25.5 Å². The first-order valence-electron chi connectivity index (χ1n) is 10.3. The van der Waals surface area contributed by atoms with Crippen LogP contribution in [0.4, 0.5) is 0 Å². The third kappa shape index (κ3) is 8.12. The summed E-state index contributed by atoms with van der Waals surface area (Å²) in [5.41, 5.74) is 1.78. The maximum Gasteiger partial charge on any atom is 0.311 e. The van der Waals surface area contributed by atoms with Crippen molar-refractivity contribution in [1.29, 1.82) is 0 Å². The molecule has 0 aliphatic heterocycles. The van der Waals surface area contributed by atoms with Crippen LogP contribution in [0.2, 0.25) is 0 Å². The first kappa shape index (κ1) is 23.9. The number of amides is 2. The van der Waals surface area contributed by atoms with E-state index in [-0.39, 0.29) is 37.4 Å². The fourth-order valence-electron chi connectivity index (χ4n) is 3.23. The van der Waals surface area contributed by atoms with Gasteiger partial charge in [0.2, 0.25) is 11.8 Å². The molecule has 2 unspecified atom stereocenters. The number of methoxy groups -OCH3 is 1. The van der Waals surface area contributed by atoms with E-state index in [9.17, 15) is 14.4 Å². The lowest BCUT2D eigenvalue weighted by Gasteiger charge is -2.20. The minimum Gasteiger partial charge on any atom is -0.497 e. The summed E-state index contributed by atoms with van der Waals surface area (Å²) in [6.45, 7) is 3.59. The molecule has 0 aromatic heterocycles. The maximum absolute atomic E-state index is 12.6. The predicted molar refractivity (Wildman–Crippen MR) is 117 cm³/mol. The van der Waals surface area contributed by atoms with Crippen molar-refractivity contribution >= 4 is 17.8 Å². The lowest BCUT2D eigenvalue weighted by atomic mass is 9.98. The summed E-state index contributed by atoms with van der Waals surface area (Å²) in [5, 5.41) is 5.63. The molecular formula is C24H30N2O5. The van der Waals surface area contributed by atoms with E-state index in [4.69, 9.17) is 9.47 Å². The van der Waals surface area contributed by atoms with E-state index >= 15 is 0 Å². The Hall–Kier alpha value is -3.35. The first-order valence-corrected chi connectivity index (χ1v) is 10.3. The van der Waals surface area contributed by atoms with Gasteiger partial charge in [0, 0.05) is 13.5 Å². The van der Waals surface area contributed by atoms with Crippen molar-refractivity contribution in [2.75, 3.05) is 20.3 Å². The molecule has 2 amide bonds. The monoisotopic (exact) mass is 426 g/mol. The standard InChI is InChI=1S/C24H30N2O5/c1-4-31-24(29)20(14-18-8-6-5-7-9-18)16-25-23(28)15-22(26-17(2)27)19-10-12-21(30-3)13-11-19/h5-13,20,22H,4,14-16H2,1-3H3,(H,25,28)(H,26,27). The van der Waals surface area contributed by atoms with Crippen molar-refractivity contribution in [3.05, 3.63) is 65.7 Å². The average molecular weight is 427 g/mol. The van der Waals surface area contributed by atoms with Crippen LogP contribution < -0.4 is 15.4 Å². The van der Waals surface area contributed by atoms with Crippen LogP contribution >= 0.6 is 0 Å². The van der Waals surface area contributed by atoms with Crippen LogP contribution in [-0.4, -0.2) is 38.0 Å². The highest BCUT2D eigenvalue weighted by molar-refractivity contribution is 5.80. The number of nitrogens with one attached hydrogen (secondary N) is 2. The molecule has 7 nitrogen and oxygen atoms in total. The summed E-state index contributed by atoms with van der Waals surface area (Å²) in [5.74, 6) is -0.654. The third-order valence-corrected chi connectivity index (χ3v) is 4.78. The molecule has 2 aromatic carbocycles. The van der Waals surface area contributed by atoms with Crippen LogP contribution in [0.3, 0.4) is 0 Å². The van der Waals surface area contributed by atoms with Gasteiger partial charge >= 0.3 is 5.97 Å². The van der Waals surface area contributed by atoms with Gasteiger partial charge in [-0.3, -0.25) is 14.4 Å². The molecule has 0 fully saturated rings. The van der Waals surface area contributed by atoms with E-state index in [0.29, 0.717) is 12.2 Å². The lowest BCUT2D eigenvalue weighted by molar-refractivity contribution is -0.147. The maximum atomic E-state index is 12.6. The second-order valence-corrected chi connectivity index (χ2v) is 7.17. The molecule has 0 bridgehead atoms. The summed E-state index contributed by atoms with van der Waals surface area (Å²) in [6.07, 6.45) is 0.514. The van der Waals surface area contributed by atoms with Gasteiger partial charge in [0.1, 0.15) is 5.75 Å². The fourth-order valence-corrected chi connectivity index (χ4v) is 3.23. The number of carbonyl (C=O) groups excluding carboxylic acids is 3. The molecule has 2 rings (SSSR count). The Morgan fingerprint density at radius 3 is 2.26 bits per heavy atom. The van der Waals surface area contributed by atoms with Crippen molar-refractivity contribution in [3.8, 4) is 5.75 Å². The Morgan fingerprint density at radius 2 is 1.68 bits per heavy atom. The van der Waals surface area contributed by atoms with E-state index in [1.165, 1.54) is 6.92 Å². The zero-order chi connectivity index (χ0) is 22.6. The molecule has 0 spiro atoms. The zero-order valence-electron chi connectivity index (χ0n) is 18.2. The molecule has 7 heteroatoms. The van der Waals surface area contributed by atoms with Gasteiger partial charge in [-0.2, -0.15) is 0 Å². The number of ether oxygens (including phenoxy) is 2. The molecule has 31 heavy (non-hydrogen) atoms. The Bertz CT molecular complexity index is 852. The van der Waals surface area contributed by atoms with Gasteiger partial charge in [-0.05, 0) is 36.6 Å². The Labute approximate surface area is 183 Å².